The van der Waals surface area contributed by atoms with Gasteiger partial charge in [-0.05, 0) is 37.3 Å². The van der Waals surface area contributed by atoms with Crippen molar-refractivity contribution in [2.24, 2.45) is 5.73 Å². The number of nitrogens with zero attached hydrogens (tertiary/aromatic N) is 4. The first kappa shape index (κ1) is 14.2. The Morgan fingerprint density at radius 3 is 3.14 bits per heavy atom. The van der Waals surface area contributed by atoms with Crippen LogP contribution in [0.4, 0.5) is 0 Å². The monoisotopic (exact) mass is 305 g/mol. The molecule has 1 fully saturated rings. The number of amides is 1. The van der Waals surface area contributed by atoms with Gasteiger partial charge in [0.25, 0.3) is 5.91 Å². The predicted molar refractivity (Wildman–Crippen MR) is 81.3 cm³/mol. The number of carbonyl (C=O) groups is 1. The maximum Gasteiger partial charge on any atom is 0.288 e. The largest absolute Gasteiger partial charge is 0.363 e. The molecule has 1 unspecified atom stereocenters. The van der Waals surface area contributed by atoms with Gasteiger partial charge in [-0.2, -0.15) is 0 Å². The summed E-state index contributed by atoms with van der Waals surface area (Å²) >= 11 is 1.81. The maximum atomic E-state index is 11.1. The van der Waals surface area contributed by atoms with Gasteiger partial charge in [-0.3, -0.25) is 4.79 Å². The number of nitrogens with two attached hydrogens (primary N) is 1. The van der Waals surface area contributed by atoms with Crippen molar-refractivity contribution < 1.29 is 4.79 Å². The highest BCUT2D eigenvalue weighted by atomic mass is 32.1. The van der Waals surface area contributed by atoms with Crippen molar-refractivity contribution in [3.05, 3.63) is 34.5 Å². The molecule has 1 atom stereocenters. The zero-order valence-corrected chi connectivity index (χ0v) is 12.6. The third kappa shape index (κ3) is 3.48. The second-order valence-electron chi connectivity index (χ2n) is 5.34. The molecule has 0 aliphatic carbocycles. The van der Waals surface area contributed by atoms with E-state index >= 15 is 0 Å². The third-order valence-electron chi connectivity index (χ3n) is 3.84. The molecule has 21 heavy (non-hydrogen) atoms. The molecular weight excluding hydrogens is 286 g/mol. The van der Waals surface area contributed by atoms with E-state index in [-0.39, 0.29) is 11.9 Å². The second kappa shape index (κ2) is 6.36. The number of aromatic nitrogens is 3. The predicted octanol–water partition coefficient (Wildman–Crippen LogP) is 1.32. The van der Waals surface area contributed by atoms with Crippen LogP contribution in [0.25, 0.3) is 0 Å². The Morgan fingerprint density at radius 1 is 1.52 bits per heavy atom. The molecule has 0 spiro atoms. The highest BCUT2D eigenvalue weighted by molar-refractivity contribution is 7.09. The summed E-state index contributed by atoms with van der Waals surface area (Å²) in [5.41, 5.74) is 5.20. The van der Waals surface area contributed by atoms with Crippen molar-refractivity contribution in [2.75, 3.05) is 19.6 Å². The topological polar surface area (TPSA) is 77.0 Å². The number of likely N-dealkylation sites (tertiary alicyclic amines) is 1. The van der Waals surface area contributed by atoms with Crippen molar-refractivity contribution in [1.82, 2.24) is 19.7 Å². The fourth-order valence-corrected chi connectivity index (χ4v) is 3.44. The molecule has 1 aliphatic rings. The van der Waals surface area contributed by atoms with Crippen LogP contribution in [0.2, 0.25) is 0 Å². The molecule has 1 aliphatic heterocycles. The normalized spacial score (nSPS) is 19.7. The van der Waals surface area contributed by atoms with E-state index in [1.807, 2.05) is 11.3 Å². The lowest BCUT2D eigenvalue weighted by Gasteiger charge is -2.32. The van der Waals surface area contributed by atoms with E-state index in [1.165, 1.54) is 4.88 Å². The average Bonchev–Trinajstić information content (AvgIpc) is 3.17. The lowest BCUT2D eigenvalue weighted by Crippen LogP contribution is -2.38. The van der Waals surface area contributed by atoms with Gasteiger partial charge in [0.1, 0.15) is 6.33 Å². The number of primary amides is 1. The fourth-order valence-electron chi connectivity index (χ4n) is 2.74. The molecule has 2 N–H and O–H groups in total. The summed E-state index contributed by atoms with van der Waals surface area (Å²) in [4.78, 5) is 18.9. The van der Waals surface area contributed by atoms with E-state index in [4.69, 9.17) is 5.73 Å². The lowest BCUT2D eigenvalue weighted by molar-refractivity contribution is 0.0989. The number of hydrogen-bond donors (Lipinski definition) is 1. The highest BCUT2D eigenvalue weighted by Crippen LogP contribution is 2.21. The molecule has 2 aromatic rings. The Balaban J connectivity index is 1.58. The second-order valence-corrected chi connectivity index (χ2v) is 6.37. The first-order chi connectivity index (χ1) is 10.2. The SMILES string of the molecule is NC(=O)c1ncn(C2CCCN(CCc3cccs3)C2)n1. The van der Waals surface area contributed by atoms with Crippen LogP contribution in [0.1, 0.15) is 34.4 Å². The minimum atomic E-state index is -0.570. The Kier molecular flexibility index (Phi) is 4.31. The number of rotatable bonds is 5. The van der Waals surface area contributed by atoms with E-state index in [9.17, 15) is 4.79 Å². The molecule has 3 rings (SSSR count). The summed E-state index contributed by atoms with van der Waals surface area (Å²) in [6.45, 7) is 3.14. The van der Waals surface area contributed by atoms with E-state index in [0.717, 1.165) is 38.9 Å². The highest BCUT2D eigenvalue weighted by Gasteiger charge is 2.22. The van der Waals surface area contributed by atoms with E-state index in [0.29, 0.717) is 0 Å². The van der Waals surface area contributed by atoms with Gasteiger partial charge in [0.15, 0.2) is 0 Å². The van der Waals surface area contributed by atoms with Gasteiger partial charge < -0.3 is 10.6 Å². The molecular formula is C14H19N5OS. The van der Waals surface area contributed by atoms with Gasteiger partial charge in [-0.15, -0.1) is 16.4 Å². The van der Waals surface area contributed by atoms with E-state index < -0.39 is 5.91 Å². The molecule has 112 valence electrons. The third-order valence-corrected chi connectivity index (χ3v) is 4.77. The van der Waals surface area contributed by atoms with Crippen LogP contribution in [-0.4, -0.2) is 45.2 Å². The fraction of sp³-hybridized carbons (Fsp3) is 0.500. The number of carbonyl (C=O) groups excluding carboxylic acids is 1. The smallest absolute Gasteiger partial charge is 0.288 e. The maximum absolute atomic E-state index is 11.1. The summed E-state index contributed by atoms with van der Waals surface area (Å²) in [5.74, 6) is -0.468. The quantitative estimate of drug-likeness (QED) is 0.904. The van der Waals surface area contributed by atoms with Crippen molar-refractivity contribution in [3.63, 3.8) is 0 Å². The molecule has 2 aromatic heterocycles. The first-order valence-electron chi connectivity index (χ1n) is 7.18. The first-order valence-corrected chi connectivity index (χ1v) is 8.06. The molecule has 6 nitrogen and oxygen atoms in total. The van der Waals surface area contributed by atoms with Gasteiger partial charge in [0, 0.05) is 18.0 Å². The van der Waals surface area contributed by atoms with Crippen LogP contribution in [0.15, 0.2) is 23.8 Å². The number of piperidine rings is 1. The zero-order valence-electron chi connectivity index (χ0n) is 11.8. The Hall–Kier alpha value is -1.73. The van der Waals surface area contributed by atoms with Crippen LogP contribution < -0.4 is 5.73 Å². The van der Waals surface area contributed by atoms with Gasteiger partial charge in [0.05, 0.1) is 6.04 Å². The van der Waals surface area contributed by atoms with Crippen molar-refractivity contribution >= 4 is 17.2 Å². The summed E-state index contributed by atoms with van der Waals surface area (Å²) in [6.07, 6.45) is 4.92. The van der Waals surface area contributed by atoms with Gasteiger partial charge >= 0.3 is 0 Å². The minimum absolute atomic E-state index is 0.103. The molecule has 0 radical (unpaired) electrons. The molecule has 3 heterocycles. The summed E-state index contributed by atoms with van der Waals surface area (Å²) in [5, 5.41) is 6.30. The Labute approximate surface area is 127 Å². The summed E-state index contributed by atoms with van der Waals surface area (Å²) in [6, 6.07) is 4.56. The zero-order chi connectivity index (χ0) is 14.7. The van der Waals surface area contributed by atoms with Gasteiger partial charge in [-0.1, -0.05) is 6.07 Å². The number of thiophene rings is 1. The molecule has 1 saturated heterocycles. The Morgan fingerprint density at radius 2 is 2.43 bits per heavy atom. The van der Waals surface area contributed by atoms with Crippen LogP contribution in [-0.2, 0) is 6.42 Å². The van der Waals surface area contributed by atoms with Gasteiger partial charge in [-0.25, -0.2) is 9.67 Å². The van der Waals surface area contributed by atoms with Gasteiger partial charge in [0.2, 0.25) is 5.82 Å². The summed E-state index contributed by atoms with van der Waals surface area (Å²) < 4.78 is 1.79. The molecule has 0 bridgehead atoms. The van der Waals surface area contributed by atoms with E-state index in [1.54, 1.807) is 11.0 Å². The van der Waals surface area contributed by atoms with Crippen LogP contribution in [0.3, 0.4) is 0 Å². The minimum Gasteiger partial charge on any atom is -0.363 e. The summed E-state index contributed by atoms with van der Waals surface area (Å²) in [7, 11) is 0. The molecule has 7 heteroatoms. The van der Waals surface area contributed by atoms with Crippen LogP contribution in [0, 0.1) is 0 Å². The van der Waals surface area contributed by atoms with Crippen molar-refractivity contribution in [3.8, 4) is 0 Å². The molecule has 0 saturated carbocycles. The lowest BCUT2D eigenvalue weighted by atomic mass is 10.1. The van der Waals surface area contributed by atoms with E-state index in [2.05, 4.69) is 32.5 Å². The van der Waals surface area contributed by atoms with Crippen LogP contribution in [0.5, 0.6) is 0 Å². The Bertz CT molecular complexity index is 594. The standard InChI is InChI=1S/C14H19N5OS/c15-13(20)14-16-10-19(17-14)11-3-1-6-18(9-11)7-5-12-4-2-8-21-12/h2,4,8,10-11H,1,3,5-7,9H2,(H2,15,20). The van der Waals surface area contributed by atoms with Crippen LogP contribution >= 0.6 is 11.3 Å². The van der Waals surface area contributed by atoms with Crippen molar-refractivity contribution in [2.45, 2.75) is 25.3 Å². The number of hydrogen-bond acceptors (Lipinski definition) is 5. The molecule has 0 aromatic carbocycles. The van der Waals surface area contributed by atoms with Crippen molar-refractivity contribution in [1.29, 1.82) is 0 Å². The average molecular weight is 305 g/mol. The molecule has 1 amide bonds.